The Balaban J connectivity index is 2.24. The first-order chi connectivity index (χ1) is 7.65. The summed E-state index contributed by atoms with van der Waals surface area (Å²) in [5, 5.41) is 9.36. The average Bonchev–Trinajstić information content (AvgIpc) is 2.66. The van der Waals surface area contributed by atoms with Crippen molar-refractivity contribution in [3.8, 4) is 0 Å². The number of benzene rings is 1. The molecular formula is C13H11ClO2. The zero-order valence-electron chi connectivity index (χ0n) is 8.61. The lowest BCUT2D eigenvalue weighted by Gasteiger charge is -2.00. The Morgan fingerprint density at radius 1 is 1.25 bits per heavy atom. The number of hydrogen-bond donors (Lipinski definition) is 1. The third kappa shape index (κ3) is 2.52. The Morgan fingerprint density at radius 3 is 2.56 bits per heavy atom. The molecule has 3 heteroatoms. The van der Waals surface area contributed by atoms with Crippen LogP contribution in [-0.4, -0.2) is 11.1 Å². The highest BCUT2D eigenvalue weighted by molar-refractivity contribution is 6.30. The summed E-state index contributed by atoms with van der Waals surface area (Å²) < 4.78 is 0. The van der Waals surface area contributed by atoms with Gasteiger partial charge in [0.1, 0.15) is 0 Å². The quantitative estimate of drug-likeness (QED) is 0.795. The number of rotatable bonds is 2. The van der Waals surface area contributed by atoms with Crippen molar-refractivity contribution in [1.29, 1.82) is 0 Å². The fraction of sp³-hybridized carbons (Fsp3) is 0.154. The summed E-state index contributed by atoms with van der Waals surface area (Å²) in [6.07, 6.45) is 4.89. The number of carbonyl (C=O) groups is 1. The molecule has 0 atom stereocenters. The van der Waals surface area contributed by atoms with Crippen LogP contribution >= 0.6 is 11.6 Å². The minimum Gasteiger partial charge on any atom is -0.478 e. The molecule has 0 radical (unpaired) electrons. The summed E-state index contributed by atoms with van der Waals surface area (Å²) in [4.78, 5) is 10.5. The third-order valence-corrected chi connectivity index (χ3v) is 2.82. The first-order valence-electron chi connectivity index (χ1n) is 5.05. The Labute approximate surface area is 98.9 Å². The van der Waals surface area contributed by atoms with E-state index in [1.165, 1.54) is 11.6 Å². The second-order valence-electron chi connectivity index (χ2n) is 3.73. The van der Waals surface area contributed by atoms with E-state index < -0.39 is 5.97 Å². The summed E-state index contributed by atoms with van der Waals surface area (Å²) in [6, 6.07) is 7.60. The van der Waals surface area contributed by atoms with Crippen LogP contribution in [0.3, 0.4) is 0 Å². The number of carboxylic acids is 1. The van der Waals surface area contributed by atoms with Crippen LogP contribution in [0, 0.1) is 0 Å². The summed E-state index contributed by atoms with van der Waals surface area (Å²) in [5.41, 5.74) is 3.15. The van der Waals surface area contributed by atoms with Gasteiger partial charge < -0.3 is 5.11 Å². The first kappa shape index (κ1) is 11.0. The van der Waals surface area contributed by atoms with Gasteiger partial charge in [-0.3, -0.25) is 0 Å². The number of allylic oxidation sites excluding steroid dienone is 3. The molecule has 0 spiro atoms. The number of halogens is 1. The minimum absolute atomic E-state index is 0.712. The van der Waals surface area contributed by atoms with Crippen molar-refractivity contribution in [2.45, 2.75) is 12.8 Å². The van der Waals surface area contributed by atoms with Gasteiger partial charge in [-0.15, -0.1) is 0 Å². The highest BCUT2D eigenvalue weighted by Crippen LogP contribution is 2.31. The maximum Gasteiger partial charge on any atom is 0.328 e. The van der Waals surface area contributed by atoms with Crippen molar-refractivity contribution < 1.29 is 9.90 Å². The van der Waals surface area contributed by atoms with E-state index in [0.717, 1.165) is 24.0 Å². The molecule has 1 aliphatic rings. The van der Waals surface area contributed by atoms with Crippen LogP contribution in [0.1, 0.15) is 18.4 Å². The first-order valence-corrected chi connectivity index (χ1v) is 5.43. The average molecular weight is 235 g/mol. The molecule has 0 bridgehead atoms. The van der Waals surface area contributed by atoms with E-state index in [9.17, 15) is 4.79 Å². The zero-order chi connectivity index (χ0) is 11.5. The van der Waals surface area contributed by atoms with Crippen molar-refractivity contribution in [2.75, 3.05) is 0 Å². The molecule has 2 nitrogen and oxygen atoms in total. The minimum atomic E-state index is -0.886. The second kappa shape index (κ2) is 4.54. The zero-order valence-corrected chi connectivity index (χ0v) is 9.37. The van der Waals surface area contributed by atoms with Crippen LogP contribution in [0.5, 0.6) is 0 Å². The van der Waals surface area contributed by atoms with Crippen molar-refractivity contribution >= 4 is 23.1 Å². The van der Waals surface area contributed by atoms with E-state index in [1.54, 1.807) is 0 Å². The van der Waals surface area contributed by atoms with Gasteiger partial charge in [0.2, 0.25) is 0 Å². The smallest absolute Gasteiger partial charge is 0.328 e. The van der Waals surface area contributed by atoms with E-state index in [2.05, 4.69) is 0 Å². The van der Waals surface area contributed by atoms with Gasteiger partial charge in [0.15, 0.2) is 0 Å². The van der Waals surface area contributed by atoms with Crippen LogP contribution in [0.2, 0.25) is 5.02 Å². The molecular weight excluding hydrogens is 224 g/mol. The monoisotopic (exact) mass is 234 g/mol. The summed E-state index contributed by atoms with van der Waals surface area (Å²) >= 11 is 5.81. The molecule has 1 aromatic rings. The SMILES string of the molecule is O=C(O)/C=C1/C=C(c2ccc(Cl)cc2)CC1. The molecule has 0 unspecified atom stereocenters. The topological polar surface area (TPSA) is 37.3 Å². The van der Waals surface area contributed by atoms with Gasteiger partial charge in [-0.1, -0.05) is 29.8 Å². The van der Waals surface area contributed by atoms with Gasteiger partial charge in [0.25, 0.3) is 0 Å². The second-order valence-corrected chi connectivity index (χ2v) is 4.17. The van der Waals surface area contributed by atoms with E-state index in [0.29, 0.717) is 5.02 Å². The predicted molar refractivity (Wildman–Crippen MR) is 64.4 cm³/mol. The van der Waals surface area contributed by atoms with E-state index in [1.807, 2.05) is 30.3 Å². The lowest BCUT2D eigenvalue weighted by Crippen LogP contribution is -1.88. The lowest BCUT2D eigenvalue weighted by molar-refractivity contribution is -0.131. The highest BCUT2D eigenvalue weighted by atomic mass is 35.5. The maximum atomic E-state index is 10.5. The number of carboxylic acid groups (broad SMARTS) is 1. The fourth-order valence-electron chi connectivity index (χ4n) is 1.81. The van der Waals surface area contributed by atoms with Crippen molar-refractivity contribution in [1.82, 2.24) is 0 Å². The van der Waals surface area contributed by atoms with Crippen LogP contribution < -0.4 is 0 Å². The third-order valence-electron chi connectivity index (χ3n) is 2.57. The van der Waals surface area contributed by atoms with Crippen molar-refractivity contribution in [2.24, 2.45) is 0 Å². The predicted octanol–water partition coefficient (Wildman–Crippen LogP) is 3.53. The molecule has 1 aromatic carbocycles. The summed E-state index contributed by atoms with van der Waals surface area (Å²) in [7, 11) is 0. The van der Waals surface area contributed by atoms with Gasteiger partial charge in [-0.25, -0.2) is 4.79 Å². The van der Waals surface area contributed by atoms with Crippen LogP contribution in [0.4, 0.5) is 0 Å². The van der Waals surface area contributed by atoms with Gasteiger partial charge >= 0.3 is 5.97 Å². The highest BCUT2D eigenvalue weighted by Gasteiger charge is 2.11. The molecule has 0 saturated heterocycles. The van der Waals surface area contributed by atoms with Crippen LogP contribution in [-0.2, 0) is 4.79 Å². The molecule has 0 aliphatic heterocycles. The van der Waals surface area contributed by atoms with Gasteiger partial charge in [0, 0.05) is 11.1 Å². The van der Waals surface area contributed by atoms with Gasteiger partial charge in [-0.2, -0.15) is 0 Å². The molecule has 2 rings (SSSR count). The van der Waals surface area contributed by atoms with Gasteiger partial charge in [0.05, 0.1) is 0 Å². The van der Waals surface area contributed by atoms with Crippen LogP contribution in [0.25, 0.3) is 5.57 Å². The number of hydrogen-bond acceptors (Lipinski definition) is 1. The molecule has 1 aliphatic carbocycles. The molecule has 0 heterocycles. The lowest BCUT2D eigenvalue weighted by atomic mass is 10.1. The molecule has 1 N–H and O–H groups in total. The molecule has 0 fully saturated rings. The van der Waals surface area contributed by atoms with Gasteiger partial charge in [-0.05, 0) is 41.7 Å². The molecule has 0 amide bonds. The van der Waals surface area contributed by atoms with E-state index >= 15 is 0 Å². The standard InChI is InChI=1S/C13H11ClO2/c14-12-5-3-10(4-6-12)11-2-1-9(7-11)8-13(15)16/h3-8H,1-2H2,(H,15,16)/b9-8+. The Hall–Kier alpha value is -1.54. The largest absolute Gasteiger partial charge is 0.478 e. The fourth-order valence-corrected chi connectivity index (χ4v) is 1.94. The normalized spacial score (nSPS) is 17.6. The van der Waals surface area contributed by atoms with E-state index in [-0.39, 0.29) is 0 Å². The van der Waals surface area contributed by atoms with Crippen LogP contribution in [0.15, 0.2) is 42.0 Å². The molecule has 0 saturated carbocycles. The molecule has 82 valence electrons. The van der Waals surface area contributed by atoms with Crippen molar-refractivity contribution in [3.63, 3.8) is 0 Å². The summed E-state index contributed by atoms with van der Waals surface area (Å²) in [5.74, 6) is -0.886. The maximum absolute atomic E-state index is 10.5. The summed E-state index contributed by atoms with van der Waals surface area (Å²) in [6.45, 7) is 0. The Bertz CT molecular complexity index is 469. The Morgan fingerprint density at radius 2 is 1.94 bits per heavy atom. The molecule has 0 aromatic heterocycles. The van der Waals surface area contributed by atoms with Crippen molar-refractivity contribution in [3.05, 3.63) is 52.6 Å². The molecule has 16 heavy (non-hydrogen) atoms. The van der Waals surface area contributed by atoms with E-state index in [4.69, 9.17) is 16.7 Å². The Kier molecular flexibility index (Phi) is 3.11. The number of aliphatic carboxylic acids is 1.